The van der Waals surface area contributed by atoms with Crippen molar-refractivity contribution in [2.45, 2.75) is 51.4 Å². The van der Waals surface area contributed by atoms with Gasteiger partial charge in [0.1, 0.15) is 0 Å². The number of fused-ring (bicyclic) bond motifs is 1. The van der Waals surface area contributed by atoms with Crippen LogP contribution in [-0.4, -0.2) is 27.3 Å². The smallest absolute Gasteiger partial charge is 0.262 e. The third-order valence-electron chi connectivity index (χ3n) is 4.82. The molecule has 158 valence electrons. The number of carbonyl (C=O) groups is 1. The zero-order chi connectivity index (χ0) is 21.5. The third kappa shape index (κ3) is 5.95. The Balaban J connectivity index is 1.64. The molecule has 0 unspecified atom stereocenters. The average molecular weight is 424 g/mol. The first-order valence-electron chi connectivity index (χ1n) is 10.4. The second-order valence-corrected chi connectivity index (χ2v) is 8.95. The van der Waals surface area contributed by atoms with Crippen LogP contribution in [-0.2, 0) is 17.8 Å². The van der Waals surface area contributed by atoms with Crippen molar-refractivity contribution in [2.75, 3.05) is 5.75 Å². The number of hydrogen-bond donors (Lipinski definition) is 1. The summed E-state index contributed by atoms with van der Waals surface area (Å²) in [4.78, 5) is 30.1. The lowest BCUT2D eigenvalue weighted by Gasteiger charge is -2.16. The number of aryl methyl sites for hydroxylation is 1. The molecule has 1 aromatic heterocycles. The third-order valence-corrected chi connectivity index (χ3v) is 5.80. The zero-order valence-corrected chi connectivity index (χ0v) is 18.6. The van der Waals surface area contributed by atoms with Gasteiger partial charge in [-0.3, -0.25) is 14.2 Å². The van der Waals surface area contributed by atoms with Crippen molar-refractivity contribution in [3.8, 4) is 0 Å². The van der Waals surface area contributed by atoms with E-state index in [1.54, 1.807) is 10.6 Å². The van der Waals surface area contributed by atoms with E-state index < -0.39 is 0 Å². The number of nitrogens with zero attached hydrogens (tertiary/aromatic N) is 2. The summed E-state index contributed by atoms with van der Waals surface area (Å²) >= 11 is 1.32. The van der Waals surface area contributed by atoms with E-state index in [0.717, 1.165) is 12.8 Å². The SMILES string of the molecule is CC(C)Cn1c(SCC(=O)N[C@@H](C)CCc2ccccc2)nc2ccccc2c1=O. The molecule has 0 aliphatic rings. The second-order valence-electron chi connectivity index (χ2n) is 8.00. The number of rotatable bonds is 9. The minimum atomic E-state index is -0.0477. The van der Waals surface area contributed by atoms with E-state index in [2.05, 4.69) is 36.3 Å². The molecule has 1 amide bonds. The van der Waals surface area contributed by atoms with E-state index in [9.17, 15) is 9.59 Å². The van der Waals surface area contributed by atoms with Gasteiger partial charge in [0.05, 0.1) is 16.7 Å². The first kappa shape index (κ1) is 22.1. The Bertz CT molecular complexity index is 1050. The minimum absolute atomic E-state index is 0.0425. The van der Waals surface area contributed by atoms with Crippen molar-refractivity contribution < 1.29 is 4.79 Å². The van der Waals surface area contributed by atoms with Crippen LogP contribution < -0.4 is 10.9 Å². The standard InChI is InChI=1S/C24H29N3O2S/c1-17(2)15-27-23(29)20-11-7-8-12-21(20)26-24(27)30-16-22(28)25-18(3)13-14-19-9-5-4-6-10-19/h4-12,17-18H,13-16H2,1-3H3,(H,25,28)/t18-/m0/s1. The number of nitrogens with one attached hydrogen (secondary N) is 1. The molecule has 5 nitrogen and oxygen atoms in total. The molecule has 0 saturated carbocycles. The maximum Gasteiger partial charge on any atom is 0.262 e. The van der Waals surface area contributed by atoms with Gasteiger partial charge in [0, 0.05) is 12.6 Å². The lowest BCUT2D eigenvalue weighted by Crippen LogP contribution is -2.34. The molecule has 1 atom stereocenters. The Morgan fingerprint density at radius 3 is 2.50 bits per heavy atom. The van der Waals surface area contributed by atoms with Gasteiger partial charge < -0.3 is 5.32 Å². The number of carbonyl (C=O) groups excluding carboxylic acids is 1. The van der Waals surface area contributed by atoms with Gasteiger partial charge in [-0.05, 0) is 43.4 Å². The van der Waals surface area contributed by atoms with Gasteiger partial charge in [-0.15, -0.1) is 0 Å². The highest BCUT2D eigenvalue weighted by molar-refractivity contribution is 7.99. The van der Waals surface area contributed by atoms with Crippen LogP contribution in [0.4, 0.5) is 0 Å². The fourth-order valence-electron chi connectivity index (χ4n) is 3.33. The molecular weight excluding hydrogens is 394 g/mol. The van der Waals surface area contributed by atoms with Crippen molar-refractivity contribution >= 4 is 28.6 Å². The molecule has 1 N–H and O–H groups in total. The lowest BCUT2D eigenvalue weighted by atomic mass is 10.1. The lowest BCUT2D eigenvalue weighted by molar-refractivity contribution is -0.119. The van der Waals surface area contributed by atoms with Gasteiger partial charge in [-0.1, -0.05) is 68.1 Å². The Kier molecular flexibility index (Phi) is 7.69. The summed E-state index contributed by atoms with van der Waals surface area (Å²) in [6.07, 6.45) is 1.81. The molecule has 6 heteroatoms. The van der Waals surface area contributed by atoms with Crippen LogP contribution in [0.1, 0.15) is 32.8 Å². The maximum atomic E-state index is 12.9. The fraction of sp³-hybridized carbons (Fsp3) is 0.375. The van der Waals surface area contributed by atoms with Crippen LogP contribution in [0.2, 0.25) is 0 Å². The summed E-state index contributed by atoms with van der Waals surface area (Å²) in [5, 5.41) is 4.27. The maximum absolute atomic E-state index is 12.9. The molecule has 0 bridgehead atoms. The topological polar surface area (TPSA) is 64.0 Å². The first-order chi connectivity index (χ1) is 14.4. The van der Waals surface area contributed by atoms with Gasteiger partial charge in [0.25, 0.3) is 5.56 Å². The van der Waals surface area contributed by atoms with Crippen LogP contribution in [0.3, 0.4) is 0 Å². The zero-order valence-electron chi connectivity index (χ0n) is 17.8. The van der Waals surface area contributed by atoms with E-state index in [0.29, 0.717) is 28.5 Å². The van der Waals surface area contributed by atoms with Gasteiger partial charge in [-0.25, -0.2) is 4.98 Å². The highest BCUT2D eigenvalue weighted by atomic mass is 32.2. The Morgan fingerprint density at radius 1 is 1.07 bits per heavy atom. The molecule has 0 spiro atoms. The predicted molar refractivity (Wildman–Crippen MR) is 124 cm³/mol. The molecule has 0 aliphatic heterocycles. The van der Waals surface area contributed by atoms with Crippen molar-refractivity contribution in [3.05, 3.63) is 70.5 Å². The molecule has 1 heterocycles. The van der Waals surface area contributed by atoms with E-state index in [1.165, 1.54) is 17.3 Å². The number of thioether (sulfide) groups is 1. The van der Waals surface area contributed by atoms with Crippen LogP contribution in [0, 0.1) is 5.92 Å². The number of aromatic nitrogens is 2. The summed E-state index contributed by atoms with van der Waals surface area (Å²) in [6, 6.07) is 17.7. The minimum Gasteiger partial charge on any atom is -0.353 e. The summed E-state index contributed by atoms with van der Waals surface area (Å²) in [7, 11) is 0. The van der Waals surface area contributed by atoms with Crippen LogP contribution in [0.5, 0.6) is 0 Å². The van der Waals surface area contributed by atoms with Gasteiger partial charge in [0.15, 0.2) is 5.16 Å². The first-order valence-corrected chi connectivity index (χ1v) is 11.4. The Labute approximate surface area is 181 Å². The summed E-state index contributed by atoms with van der Waals surface area (Å²) in [5.74, 6) is 0.495. The van der Waals surface area contributed by atoms with E-state index >= 15 is 0 Å². The number of hydrogen-bond acceptors (Lipinski definition) is 4. The number of benzene rings is 2. The van der Waals surface area contributed by atoms with E-state index in [1.807, 2.05) is 43.3 Å². The van der Waals surface area contributed by atoms with Crippen molar-refractivity contribution in [1.82, 2.24) is 14.9 Å². The molecule has 0 radical (unpaired) electrons. The molecule has 3 aromatic rings. The second kappa shape index (κ2) is 10.4. The van der Waals surface area contributed by atoms with Gasteiger partial charge >= 0.3 is 0 Å². The van der Waals surface area contributed by atoms with Gasteiger partial charge in [0.2, 0.25) is 5.91 Å². The van der Waals surface area contributed by atoms with Crippen molar-refractivity contribution in [2.24, 2.45) is 5.92 Å². The number of amides is 1. The van der Waals surface area contributed by atoms with Crippen molar-refractivity contribution in [1.29, 1.82) is 0 Å². The average Bonchev–Trinajstić information content (AvgIpc) is 2.73. The summed E-state index contributed by atoms with van der Waals surface area (Å²) in [5.41, 5.74) is 1.89. The molecule has 2 aromatic carbocycles. The normalized spacial score (nSPS) is 12.3. The quantitative estimate of drug-likeness (QED) is 0.412. The van der Waals surface area contributed by atoms with Crippen LogP contribution >= 0.6 is 11.8 Å². The summed E-state index contributed by atoms with van der Waals surface area (Å²) in [6.45, 7) is 6.73. The molecule has 3 rings (SSSR count). The Hall–Kier alpha value is -2.60. The highest BCUT2D eigenvalue weighted by Gasteiger charge is 2.15. The van der Waals surface area contributed by atoms with Crippen molar-refractivity contribution in [3.63, 3.8) is 0 Å². The molecule has 0 saturated heterocycles. The van der Waals surface area contributed by atoms with E-state index in [-0.39, 0.29) is 23.3 Å². The monoisotopic (exact) mass is 423 g/mol. The van der Waals surface area contributed by atoms with Crippen LogP contribution in [0.25, 0.3) is 10.9 Å². The molecular formula is C24H29N3O2S. The largest absolute Gasteiger partial charge is 0.353 e. The number of para-hydroxylation sites is 1. The van der Waals surface area contributed by atoms with E-state index in [4.69, 9.17) is 0 Å². The highest BCUT2D eigenvalue weighted by Crippen LogP contribution is 2.19. The molecule has 30 heavy (non-hydrogen) atoms. The molecule has 0 aliphatic carbocycles. The molecule has 0 fully saturated rings. The summed E-state index contributed by atoms with van der Waals surface area (Å²) < 4.78 is 1.70. The Morgan fingerprint density at radius 2 is 1.77 bits per heavy atom. The fourth-order valence-corrected chi connectivity index (χ4v) is 4.15. The van der Waals surface area contributed by atoms with Crippen LogP contribution in [0.15, 0.2) is 64.5 Å². The van der Waals surface area contributed by atoms with Gasteiger partial charge in [-0.2, -0.15) is 0 Å². The predicted octanol–water partition coefficient (Wildman–Crippen LogP) is 4.28.